The topological polar surface area (TPSA) is 106 Å². The van der Waals surface area contributed by atoms with Crippen LogP contribution in [0.5, 0.6) is 0 Å². The van der Waals surface area contributed by atoms with E-state index in [9.17, 15) is 20.0 Å². The molecule has 1 N–H and O–H groups in total. The fourth-order valence-electron chi connectivity index (χ4n) is 4.77. The van der Waals surface area contributed by atoms with E-state index in [1.165, 1.54) is 0 Å². The van der Waals surface area contributed by atoms with E-state index in [2.05, 4.69) is 0 Å². The van der Waals surface area contributed by atoms with Crippen molar-refractivity contribution in [3.05, 3.63) is 75.0 Å². The van der Waals surface area contributed by atoms with Gasteiger partial charge in [-0.15, -0.1) is 0 Å². The molecule has 1 aromatic heterocycles. The van der Waals surface area contributed by atoms with Crippen LogP contribution in [-0.4, -0.2) is 47.3 Å². The number of nitro benzene ring substituents is 1. The molecule has 0 spiro atoms. The Bertz CT molecular complexity index is 1290. The number of aromatic nitrogens is 1. The molecule has 5 rings (SSSR count). The second kappa shape index (κ2) is 8.63. The van der Waals surface area contributed by atoms with Gasteiger partial charge in [-0.25, -0.2) is 9.78 Å². The molecule has 2 heterocycles. The predicted octanol–water partition coefficient (Wildman–Crippen LogP) is 4.55. The molecular weight excluding hydrogens is 422 g/mol. The molecule has 1 aliphatic heterocycles. The van der Waals surface area contributed by atoms with E-state index in [4.69, 9.17) is 9.72 Å². The maximum atomic E-state index is 12.1. The van der Waals surface area contributed by atoms with Crippen LogP contribution in [0.3, 0.4) is 0 Å². The van der Waals surface area contributed by atoms with Gasteiger partial charge in [0.05, 0.1) is 34.9 Å². The maximum absolute atomic E-state index is 12.1. The van der Waals surface area contributed by atoms with Crippen molar-refractivity contribution in [2.45, 2.75) is 19.3 Å². The molecule has 0 saturated carbocycles. The SMILES string of the molecule is O=C(O)c1c2c(nc3ccccc13)/C(=C\c1ccc(N3CCOCC3)c([N+](=O)[O-])c1)CCC2. The van der Waals surface area contributed by atoms with Crippen LogP contribution in [0.1, 0.15) is 40.0 Å². The highest BCUT2D eigenvalue weighted by molar-refractivity contribution is 6.05. The molecule has 2 aromatic carbocycles. The summed E-state index contributed by atoms with van der Waals surface area (Å²) in [5.74, 6) is -0.961. The molecule has 8 nitrogen and oxygen atoms in total. The summed E-state index contributed by atoms with van der Waals surface area (Å²) in [5.41, 5.74) is 4.60. The zero-order valence-electron chi connectivity index (χ0n) is 18.0. The zero-order chi connectivity index (χ0) is 22.9. The lowest BCUT2D eigenvalue weighted by atomic mass is 9.86. The number of pyridine rings is 1. The Balaban J connectivity index is 1.61. The maximum Gasteiger partial charge on any atom is 0.336 e. The van der Waals surface area contributed by atoms with Gasteiger partial charge in [0.1, 0.15) is 5.69 Å². The normalized spacial score (nSPS) is 17.2. The van der Waals surface area contributed by atoms with Crippen LogP contribution in [0.15, 0.2) is 42.5 Å². The summed E-state index contributed by atoms with van der Waals surface area (Å²) in [6, 6.07) is 12.5. The Labute approximate surface area is 190 Å². The van der Waals surface area contributed by atoms with Crippen molar-refractivity contribution < 1.29 is 19.6 Å². The Kier molecular flexibility index (Phi) is 5.51. The smallest absolute Gasteiger partial charge is 0.336 e. The molecule has 0 radical (unpaired) electrons. The second-order valence-electron chi connectivity index (χ2n) is 8.26. The monoisotopic (exact) mass is 445 g/mol. The molecule has 8 heteroatoms. The molecule has 0 bridgehead atoms. The van der Waals surface area contributed by atoms with Gasteiger partial charge in [-0.2, -0.15) is 0 Å². The van der Waals surface area contributed by atoms with E-state index in [1.807, 2.05) is 35.2 Å². The van der Waals surface area contributed by atoms with E-state index in [1.54, 1.807) is 18.2 Å². The largest absolute Gasteiger partial charge is 0.478 e. The standard InChI is InChI=1S/C25H23N3O5/c29-25(30)23-18-5-1-2-7-20(18)26-24-17(4-3-6-19(23)24)14-16-8-9-21(22(15-16)28(31)32)27-10-12-33-13-11-27/h1-2,5,7-9,14-15H,3-4,6,10-13H2,(H,29,30)/b17-14-. The minimum absolute atomic E-state index is 0.0555. The van der Waals surface area contributed by atoms with Crippen LogP contribution >= 0.6 is 0 Å². The van der Waals surface area contributed by atoms with Crippen molar-refractivity contribution >= 4 is 39.9 Å². The summed E-state index contributed by atoms with van der Waals surface area (Å²) in [6.07, 6.45) is 4.08. The van der Waals surface area contributed by atoms with E-state index >= 15 is 0 Å². The second-order valence-corrected chi connectivity index (χ2v) is 8.26. The van der Waals surface area contributed by atoms with Gasteiger partial charge >= 0.3 is 5.97 Å². The van der Waals surface area contributed by atoms with Crippen molar-refractivity contribution in [2.75, 3.05) is 31.2 Å². The van der Waals surface area contributed by atoms with E-state index in [-0.39, 0.29) is 10.6 Å². The summed E-state index contributed by atoms with van der Waals surface area (Å²) in [5, 5.41) is 22.4. The number of anilines is 1. The van der Waals surface area contributed by atoms with Gasteiger partial charge in [0.15, 0.2) is 0 Å². The third kappa shape index (κ3) is 3.93. The van der Waals surface area contributed by atoms with Crippen molar-refractivity contribution in [1.82, 2.24) is 4.98 Å². The minimum atomic E-state index is -0.961. The molecule has 0 amide bonds. The number of benzene rings is 2. The lowest BCUT2D eigenvalue weighted by Gasteiger charge is -2.28. The Morgan fingerprint density at radius 3 is 2.70 bits per heavy atom. The average Bonchev–Trinajstić information content (AvgIpc) is 2.83. The van der Waals surface area contributed by atoms with Crippen LogP contribution < -0.4 is 4.90 Å². The average molecular weight is 445 g/mol. The lowest BCUT2D eigenvalue weighted by molar-refractivity contribution is -0.384. The number of fused-ring (bicyclic) bond motifs is 2. The summed E-state index contributed by atoms with van der Waals surface area (Å²) < 4.78 is 5.37. The van der Waals surface area contributed by atoms with Crippen LogP contribution in [0.2, 0.25) is 0 Å². The van der Waals surface area contributed by atoms with Gasteiger partial charge in [0, 0.05) is 24.5 Å². The first-order valence-electron chi connectivity index (χ1n) is 11.0. The van der Waals surface area contributed by atoms with E-state index < -0.39 is 5.97 Å². The molecular formula is C25H23N3O5. The number of carboxylic acids is 1. The Morgan fingerprint density at radius 1 is 1.15 bits per heavy atom. The summed E-state index contributed by atoms with van der Waals surface area (Å²) in [4.78, 5) is 30.4. The fourth-order valence-corrected chi connectivity index (χ4v) is 4.77. The number of carboxylic acid groups (broad SMARTS) is 1. The number of para-hydroxylation sites is 1. The first-order chi connectivity index (χ1) is 16.0. The van der Waals surface area contributed by atoms with Gasteiger partial charge in [-0.05, 0) is 54.2 Å². The molecule has 1 aliphatic carbocycles. The van der Waals surface area contributed by atoms with Crippen molar-refractivity contribution in [3.63, 3.8) is 0 Å². The van der Waals surface area contributed by atoms with E-state index in [0.717, 1.165) is 24.0 Å². The zero-order valence-corrected chi connectivity index (χ0v) is 18.0. The predicted molar refractivity (Wildman–Crippen MR) is 126 cm³/mol. The molecule has 2 aliphatic rings. The van der Waals surface area contributed by atoms with Gasteiger partial charge in [-0.1, -0.05) is 24.3 Å². The van der Waals surface area contributed by atoms with E-state index in [0.29, 0.717) is 66.1 Å². The van der Waals surface area contributed by atoms with Crippen molar-refractivity contribution in [1.29, 1.82) is 0 Å². The number of nitrogens with zero attached hydrogens (tertiary/aromatic N) is 3. The van der Waals surface area contributed by atoms with Crippen LogP contribution in [0.4, 0.5) is 11.4 Å². The van der Waals surface area contributed by atoms with Crippen molar-refractivity contribution in [2.24, 2.45) is 0 Å². The number of hydrogen-bond donors (Lipinski definition) is 1. The highest BCUT2D eigenvalue weighted by Crippen LogP contribution is 2.37. The van der Waals surface area contributed by atoms with Gasteiger partial charge < -0.3 is 14.7 Å². The third-order valence-electron chi connectivity index (χ3n) is 6.27. The first-order valence-corrected chi connectivity index (χ1v) is 11.0. The number of rotatable bonds is 4. The molecule has 0 atom stereocenters. The first kappa shape index (κ1) is 21.1. The number of carbonyl (C=O) groups is 1. The number of hydrogen-bond acceptors (Lipinski definition) is 6. The Hall–Kier alpha value is -3.78. The number of nitro groups is 1. The number of ether oxygens (including phenoxy) is 1. The van der Waals surface area contributed by atoms with Crippen LogP contribution in [0.25, 0.3) is 22.6 Å². The van der Waals surface area contributed by atoms with Crippen LogP contribution in [-0.2, 0) is 11.2 Å². The van der Waals surface area contributed by atoms with Gasteiger partial charge in [0.2, 0.25) is 0 Å². The summed E-state index contributed by atoms with van der Waals surface area (Å²) in [6.45, 7) is 2.32. The Morgan fingerprint density at radius 2 is 1.94 bits per heavy atom. The van der Waals surface area contributed by atoms with Crippen molar-refractivity contribution in [3.8, 4) is 0 Å². The number of allylic oxidation sites excluding steroid dienone is 1. The molecule has 33 heavy (non-hydrogen) atoms. The quantitative estimate of drug-likeness (QED) is 0.464. The number of morpholine rings is 1. The molecule has 168 valence electrons. The summed E-state index contributed by atoms with van der Waals surface area (Å²) in [7, 11) is 0. The highest BCUT2D eigenvalue weighted by atomic mass is 16.6. The minimum Gasteiger partial charge on any atom is -0.478 e. The highest BCUT2D eigenvalue weighted by Gasteiger charge is 2.26. The molecule has 1 fully saturated rings. The lowest BCUT2D eigenvalue weighted by Crippen LogP contribution is -2.36. The number of aromatic carboxylic acids is 1. The van der Waals surface area contributed by atoms with Gasteiger partial charge in [0.25, 0.3) is 5.69 Å². The van der Waals surface area contributed by atoms with Gasteiger partial charge in [-0.3, -0.25) is 10.1 Å². The summed E-state index contributed by atoms with van der Waals surface area (Å²) >= 11 is 0. The molecule has 1 saturated heterocycles. The third-order valence-corrected chi connectivity index (χ3v) is 6.27. The van der Waals surface area contributed by atoms with Crippen LogP contribution in [0, 0.1) is 10.1 Å². The fraction of sp³-hybridized carbons (Fsp3) is 0.280. The molecule has 0 unspecified atom stereocenters. The molecule has 3 aromatic rings.